The minimum Gasteiger partial charge on any atom is -0.368 e. The summed E-state index contributed by atoms with van der Waals surface area (Å²) < 4.78 is 0. The van der Waals surface area contributed by atoms with Gasteiger partial charge < -0.3 is 16.4 Å². The van der Waals surface area contributed by atoms with E-state index in [-0.39, 0.29) is 6.04 Å². The monoisotopic (exact) mass is 220 g/mol. The van der Waals surface area contributed by atoms with E-state index in [1.165, 1.54) is 0 Å². The first-order chi connectivity index (χ1) is 7.68. The molecule has 86 valence electrons. The van der Waals surface area contributed by atoms with Crippen molar-refractivity contribution in [2.75, 3.05) is 18.0 Å². The Morgan fingerprint density at radius 1 is 1.56 bits per heavy atom. The number of rotatable bonds is 2. The molecule has 2 rings (SSSR count). The molecule has 2 heterocycles. The van der Waals surface area contributed by atoms with Crippen LogP contribution in [0.2, 0.25) is 0 Å². The van der Waals surface area contributed by atoms with E-state index in [1.807, 2.05) is 12.1 Å². The van der Waals surface area contributed by atoms with E-state index in [1.54, 1.807) is 6.20 Å². The van der Waals surface area contributed by atoms with Crippen LogP contribution in [0.1, 0.15) is 23.3 Å². The first-order valence-corrected chi connectivity index (χ1v) is 5.44. The van der Waals surface area contributed by atoms with Crippen molar-refractivity contribution in [1.29, 1.82) is 0 Å². The summed E-state index contributed by atoms with van der Waals surface area (Å²) in [5.74, 6) is -0.491. The third-order valence-electron chi connectivity index (χ3n) is 2.82. The van der Waals surface area contributed by atoms with Crippen LogP contribution in [0.3, 0.4) is 0 Å². The lowest BCUT2D eigenvalue weighted by molar-refractivity contribution is 0.0996. The van der Waals surface area contributed by atoms with Gasteiger partial charge in [0.25, 0.3) is 5.91 Å². The van der Waals surface area contributed by atoms with Crippen LogP contribution >= 0.6 is 0 Å². The summed E-state index contributed by atoms with van der Waals surface area (Å²) in [6, 6.07) is 3.84. The van der Waals surface area contributed by atoms with Crippen LogP contribution < -0.4 is 16.4 Å². The quantitative estimate of drug-likeness (QED) is 0.740. The fourth-order valence-electron chi connectivity index (χ4n) is 2.07. The van der Waals surface area contributed by atoms with Gasteiger partial charge in [0.2, 0.25) is 0 Å². The van der Waals surface area contributed by atoms with Crippen LogP contribution in [0, 0.1) is 0 Å². The summed E-state index contributed by atoms with van der Waals surface area (Å²) in [5, 5.41) is 0. The predicted molar refractivity (Wildman–Crippen MR) is 62.2 cm³/mol. The zero-order valence-corrected chi connectivity index (χ0v) is 9.10. The number of primary amides is 1. The Balaban J connectivity index is 2.28. The number of hydrogen-bond donors (Lipinski definition) is 2. The topological polar surface area (TPSA) is 85.2 Å². The molecular weight excluding hydrogens is 204 g/mol. The molecule has 1 aromatic rings. The first kappa shape index (κ1) is 10.9. The van der Waals surface area contributed by atoms with E-state index in [0.29, 0.717) is 5.69 Å². The van der Waals surface area contributed by atoms with Crippen LogP contribution in [0.15, 0.2) is 18.3 Å². The van der Waals surface area contributed by atoms with Crippen molar-refractivity contribution in [3.05, 3.63) is 24.0 Å². The van der Waals surface area contributed by atoms with Crippen molar-refractivity contribution in [2.24, 2.45) is 11.5 Å². The van der Waals surface area contributed by atoms with Crippen LogP contribution in [0.25, 0.3) is 0 Å². The molecule has 0 aromatic carbocycles. The highest BCUT2D eigenvalue weighted by atomic mass is 16.1. The average molecular weight is 220 g/mol. The molecule has 1 aliphatic rings. The van der Waals surface area contributed by atoms with Crippen molar-refractivity contribution in [3.8, 4) is 0 Å². The molecular formula is C11H16N4O. The van der Waals surface area contributed by atoms with Crippen molar-refractivity contribution >= 4 is 11.6 Å². The van der Waals surface area contributed by atoms with Gasteiger partial charge in [-0.15, -0.1) is 0 Å². The summed E-state index contributed by atoms with van der Waals surface area (Å²) in [7, 11) is 0. The molecule has 4 N–H and O–H groups in total. The lowest BCUT2D eigenvalue weighted by atomic mass is 10.1. The van der Waals surface area contributed by atoms with Gasteiger partial charge in [0.05, 0.1) is 5.69 Å². The van der Waals surface area contributed by atoms with Gasteiger partial charge in [-0.1, -0.05) is 0 Å². The maximum atomic E-state index is 11.2. The molecule has 16 heavy (non-hydrogen) atoms. The van der Waals surface area contributed by atoms with Crippen molar-refractivity contribution in [2.45, 2.75) is 18.9 Å². The molecule has 5 nitrogen and oxygen atoms in total. The van der Waals surface area contributed by atoms with Crippen molar-refractivity contribution in [1.82, 2.24) is 4.98 Å². The van der Waals surface area contributed by atoms with Crippen LogP contribution in [0.5, 0.6) is 0 Å². The summed E-state index contributed by atoms with van der Waals surface area (Å²) in [5.41, 5.74) is 12.3. The molecule has 0 radical (unpaired) electrons. The molecule has 1 unspecified atom stereocenters. The number of hydrogen-bond acceptors (Lipinski definition) is 4. The lowest BCUT2D eigenvalue weighted by Crippen LogP contribution is -2.43. The molecule has 0 bridgehead atoms. The standard InChI is InChI=1S/C11H16N4O/c12-8-3-2-6-15(7-8)9-4-1-5-14-10(9)11(13)16/h1,4-5,8H,2-3,6-7,12H2,(H2,13,16). The third-order valence-corrected chi connectivity index (χ3v) is 2.82. The van der Waals surface area contributed by atoms with E-state index in [0.717, 1.165) is 31.6 Å². The fraction of sp³-hybridized carbons (Fsp3) is 0.455. The summed E-state index contributed by atoms with van der Waals surface area (Å²) in [4.78, 5) is 17.4. The number of nitrogens with two attached hydrogens (primary N) is 2. The molecule has 0 aliphatic carbocycles. The maximum Gasteiger partial charge on any atom is 0.269 e. The third kappa shape index (κ3) is 2.14. The van der Waals surface area contributed by atoms with Gasteiger partial charge >= 0.3 is 0 Å². The Morgan fingerprint density at radius 2 is 2.38 bits per heavy atom. The second kappa shape index (κ2) is 4.49. The zero-order valence-electron chi connectivity index (χ0n) is 9.10. The smallest absolute Gasteiger partial charge is 0.269 e. The Hall–Kier alpha value is -1.62. The summed E-state index contributed by atoms with van der Waals surface area (Å²) in [6.45, 7) is 1.66. The van der Waals surface area contributed by atoms with Crippen LogP contribution in [0.4, 0.5) is 5.69 Å². The highest BCUT2D eigenvalue weighted by Gasteiger charge is 2.21. The Bertz CT molecular complexity index is 393. The van der Waals surface area contributed by atoms with E-state index < -0.39 is 5.91 Å². The largest absolute Gasteiger partial charge is 0.368 e. The molecule has 1 aliphatic heterocycles. The molecule has 0 saturated carbocycles. The van der Waals surface area contributed by atoms with E-state index in [2.05, 4.69) is 9.88 Å². The van der Waals surface area contributed by atoms with Gasteiger partial charge in [-0.05, 0) is 25.0 Å². The minimum atomic E-state index is -0.491. The summed E-state index contributed by atoms with van der Waals surface area (Å²) >= 11 is 0. The van der Waals surface area contributed by atoms with Crippen molar-refractivity contribution in [3.63, 3.8) is 0 Å². The predicted octanol–water partition coefficient (Wildman–Crippen LogP) is 0.108. The molecule has 0 spiro atoms. The first-order valence-electron chi connectivity index (χ1n) is 5.44. The number of anilines is 1. The van der Waals surface area contributed by atoms with E-state index in [9.17, 15) is 4.79 Å². The number of pyridine rings is 1. The highest BCUT2D eigenvalue weighted by Crippen LogP contribution is 2.21. The zero-order chi connectivity index (χ0) is 11.5. The normalized spacial score (nSPS) is 20.8. The van der Waals surface area contributed by atoms with Gasteiger partial charge in [0.15, 0.2) is 5.69 Å². The van der Waals surface area contributed by atoms with Gasteiger partial charge in [-0.25, -0.2) is 4.98 Å². The second-order valence-corrected chi connectivity index (χ2v) is 4.08. The molecule has 1 saturated heterocycles. The van der Waals surface area contributed by atoms with Crippen LogP contribution in [-0.2, 0) is 0 Å². The Morgan fingerprint density at radius 3 is 3.06 bits per heavy atom. The van der Waals surface area contributed by atoms with Crippen LogP contribution in [-0.4, -0.2) is 30.0 Å². The minimum absolute atomic E-state index is 0.162. The summed E-state index contributed by atoms with van der Waals surface area (Å²) in [6.07, 6.45) is 3.64. The van der Waals surface area contributed by atoms with Crippen molar-refractivity contribution < 1.29 is 4.79 Å². The SMILES string of the molecule is NC(=O)c1ncccc1N1CCCC(N)C1. The molecule has 1 atom stereocenters. The Kier molecular flexibility index (Phi) is 3.05. The fourth-order valence-corrected chi connectivity index (χ4v) is 2.07. The number of piperidine rings is 1. The number of aromatic nitrogens is 1. The number of amides is 1. The number of carbonyl (C=O) groups is 1. The van der Waals surface area contributed by atoms with E-state index >= 15 is 0 Å². The van der Waals surface area contributed by atoms with Gasteiger partial charge in [0.1, 0.15) is 0 Å². The Labute approximate surface area is 94.4 Å². The molecule has 1 aromatic heterocycles. The highest BCUT2D eigenvalue weighted by molar-refractivity contribution is 5.96. The number of nitrogens with zero attached hydrogens (tertiary/aromatic N) is 2. The second-order valence-electron chi connectivity index (χ2n) is 4.08. The van der Waals surface area contributed by atoms with E-state index in [4.69, 9.17) is 11.5 Å². The van der Waals surface area contributed by atoms with Gasteiger partial charge in [0, 0.05) is 25.3 Å². The molecule has 1 amide bonds. The lowest BCUT2D eigenvalue weighted by Gasteiger charge is -2.33. The average Bonchev–Trinajstić information content (AvgIpc) is 2.29. The maximum absolute atomic E-state index is 11.2. The van der Waals surface area contributed by atoms with Gasteiger partial charge in [-0.2, -0.15) is 0 Å². The van der Waals surface area contributed by atoms with Gasteiger partial charge in [-0.3, -0.25) is 4.79 Å². The molecule has 1 fully saturated rings. The molecule has 5 heteroatoms. The number of carbonyl (C=O) groups excluding carboxylic acids is 1.